The van der Waals surface area contributed by atoms with E-state index in [9.17, 15) is 14.8 Å². The predicted molar refractivity (Wildman–Crippen MR) is 58.0 cm³/mol. The Hall–Kier alpha value is -0.740. The van der Waals surface area contributed by atoms with Crippen molar-refractivity contribution in [1.29, 1.82) is 0 Å². The van der Waals surface area contributed by atoms with Crippen molar-refractivity contribution in [2.24, 2.45) is 0 Å². The number of carboxylic acid groups (broad SMARTS) is 1. The van der Waals surface area contributed by atoms with Gasteiger partial charge in [-0.2, -0.15) is 0 Å². The molecular formula is C9H10NO3PS-2. The standard InChI is InChI=1S/C9H12NO3PS/c11-9(12)6-7-10-14(13,15)8-4-2-1-3-5-8/h1-5H,6-7H2,(H,11,12)(H2,10,13,15)/p-2. The van der Waals surface area contributed by atoms with Gasteiger partial charge in [-0.3, -0.25) is 5.09 Å². The van der Waals surface area contributed by atoms with Crippen LogP contribution in [0.15, 0.2) is 30.3 Å². The molecular weight excluding hydrogens is 233 g/mol. The van der Waals surface area contributed by atoms with Gasteiger partial charge in [0.05, 0.1) is 0 Å². The van der Waals surface area contributed by atoms with Crippen molar-refractivity contribution in [2.75, 3.05) is 6.54 Å². The molecule has 0 aromatic heterocycles. The van der Waals surface area contributed by atoms with E-state index in [-0.39, 0.29) is 13.0 Å². The molecule has 0 fully saturated rings. The fraction of sp³-hybridized carbons (Fsp3) is 0.222. The quantitative estimate of drug-likeness (QED) is 0.651. The Morgan fingerprint density at radius 3 is 2.53 bits per heavy atom. The second-order valence-corrected chi connectivity index (χ2v) is 6.40. The second-order valence-electron chi connectivity index (χ2n) is 2.92. The van der Waals surface area contributed by atoms with Gasteiger partial charge in [0, 0.05) is 12.5 Å². The zero-order valence-corrected chi connectivity index (χ0v) is 9.59. The Labute approximate surface area is 93.1 Å². The van der Waals surface area contributed by atoms with Crippen LogP contribution in [0.2, 0.25) is 0 Å². The summed E-state index contributed by atoms with van der Waals surface area (Å²) >= 11 is 4.89. The average Bonchev–Trinajstić information content (AvgIpc) is 2.18. The molecule has 0 bridgehead atoms. The van der Waals surface area contributed by atoms with Crippen LogP contribution in [0.25, 0.3) is 0 Å². The number of benzene rings is 1. The minimum absolute atomic E-state index is 0.0536. The third-order valence-electron chi connectivity index (χ3n) is 1.75. The van der Waals surface area contributed by atoms with E-state index in [1.807, 2.05) is 0 Å². The Morgan fingerprint density at radius 1 is 1.40 bits per heavy atom. The van der Waals surface area contributed by atoms with Crippen molar-refractivity contribution in [3.8, 4) is 0 Å². The minimum Gasteiger partial charge on any atom is -0.807 e. The maximum Gasteiger partial charge on any atom is 0.0427 e. The Kier molecular flexibility index (Phi) is 4.42. The molecule has 82 valence electrons. The van der Waals surface area contributed by atoms with Crippen LogP contribution in [0.1, 0.15) is 6.42 Å². The molecule has 0 heterocycles. The zero-order chi connectivity index (χ0) is 11.3. The van der Waals surface area contributed by atoms with Crippen LogP contribution in [-0.2, 0) is 16.6 Å². The van der Waals surface area contributed by atoms with Gasteiger partial charge >= 0.3 is 0 Å². The van der Waals surface area contributed by atoms with E-state index < -0.39 is 12.4 Å². The zero-order valence-electron chi connectivity index (χ0n) is 7.88. The van der Waals surface area contributed by atoms with Crippen molar-refractivity contribution in [2.45, 2.75) is 6.42 Å². The fourth-order valence-electron chi connectivity index (χ4n) is 1.02. The number of carbonyl (C=O) groups is 1. The third-order valence-corrected chi connectivity index (χ3v) is 4.38. The smallest absolute Gasteiger partial charge is 0.0427 e. The van der Waals surface area contributed by atoms with Crippen LogP contribution >= 0.6 is 6.42 Å². The Morgan fingerprint density at radius 2 is 2.00 bits per heavy atom. The van der Waals surface area contributed by atoms with Gasteiger partial charge in [0.1, 0.15) is 0 Å². The lowest BCUT2D eigenvalue weighted by Gasteiger charge is -2.29. The average molecular weight is 243 g/mol. The summed E-state index contributed by atoms with van der Waals surface area (Å²) in [5.74, 6) is -1.19. The largest absolute Gasteiger partial charge is 0.807 e. The molecule has 0 spiro atoms. The Bertz CT molecular complexity index is 382. The molecule has 1 atom stereocenters. The van der Waals surface area contributed by atoms with Crippen molar-refractivity contribution < 1.29 is 14.8 Å². The van der Waals surface area contributed by atoms with E-state index >= 15 is 0 Å². The van der Waals surface area contributed by atoms with Gasteiger partial charge in [-0.15, -0.1) is 0 Å². The monoisotopic (exact) mass is 243 g/mol. The SMILES string of the molecule is O=C([O-])CCNP([O-])(=S)c1ccccc1. The number of hydrogen-bond donors (Lipinski definition) is 1. The number of rotatable bonds is 5. The van der Waals surface area contributed by atoms with E-state index in [1.165, 1.54) is 0 Å². The lowest BCUT2D eigenvalue weighted by atomic mass is 10.4. The van der Waals surface area contributed by atoms with Crippen molar-refractivity contribution in [3.05, 3.63) is 30.3 Å². The summed E-state index contributed by atoms with van der Waals surface area (Å²) in [5, 5.41) is 13.2. The topological polar surface area (TPSA) is 75.2 Å². The molecule has 6 heteroatoms. The molecule has 15 heavy (non-hydrogen) atoms. The number of carboxylic acids is 1. The first-order chi connectivity index (χ1) is 7.02. The van der Waals surface area contributed by atoms with Crippen LogP contribution < -0.4 is 20.4 Å². The van der Waals surface area contributed by atoms with Crippen molar-refractivity contribution in [1.82, 2.24) is 5.09 Å². The summed E-state index contributed by atoms with van der Waals surface area (Å²) in [6.07, 6.45) is -3.26. The summed E-state index contributed by atoms with van der Waals surface area (Å²) in [6, 6.07) is 8.56. The molecule has 0 saturated heterocycles. The highest BCUT2D eigenvalue weighted by atomic mass is 32.4. The molecule has 1 aromatic carbocycles. The maximum atomic E-state index is 11.9. The lowest BCUT2D eigenvalue weighted by molar-refractivity contribution is -0.305. The summed E-state index contributed by atoms with van der Waals surface area (Å²) in [7, 11) is 0. The van der Waals surface area contributed by atoms with Gasteiger partial charge in [-0.25, -0.2) is 0 Å². The fourth-order valence-corrected chi connectivity index (χ4v) is 2.81. The van der Waals surface area contributed by atoms with Gasteiger partial charge < -0.3 is 14.8 Å². The second kappa shape index (κ2) is 5.37. The van der Waals surface area contributed by atoms with Crippen LogP contribution in [0.4, 0.5) is 0 Å². The van der Waals surface area contributed by atoms with Gasteiger partial charge in [0.2, 0.25) is 0 Å². The van der Waals surface area contributed by atoms with Gasteiger partial charge in [-0.1, -0.05) is 42.1 Å². The summed E-state index contributed by atoms with van der Waals surface area (Å²) in [6.45, 7) is 0.0536. The highest BCUT2D eigenvalue weighted by molar-refractivity contribution is 8.13. The predicted octanol–water partition coefficient (Wildman–Crippen LogP) is -1.29. The van der Waals surface area contributed by atoms with Crippen LogP contribution in [0.3, 0.4) is 0 Å². The molecule has 0 aliphatic rings. The number of aliphatic carboxylic acids is 1. The van der Waals surface area contributed by atoms with Crippen LogP contribution in [-0.4, -0.2) is 12.5 Å². The van der Waals surface area contributed by atoms with E-state index in [1.54, 1.807) is 30.3 Å². The summed E-state index contributed by atoms with van der Waals surface area (Å²) < 4.78 is 0. The lowest BCUT2D eigenvalue weighted by Crippen LogP contribution is -2.32. The maximum absolute atomic E-state index is 11.9. The van der Waals surface area contributed by atoms with Gasteiger partial charge in [-0.05, 0) is 18.1 Å². The molecule has 1 rings (SSSR count). The van der Waals surface area contributed by atoms with E-state index in [4.69, 9.17) is 11.8 Å². The highest BCUT2D eigenvalue weighted by Gasteiger charge is 2.03. The number of hydrogen-bond acceptors (Lipinski definition) is 4. The van der Waals surface area contributed by atoms with Gasteiger partial charge in [0.25, 0.3) is 0 Å². The molecule has 1 unspecified atom stereocenters. The Balaban J connectivity index is 2.60. The van der Waals surface area contributed by atoms with Crippen molar-refractivity contribution >= 4 is 29.5 Å². The molecule has 4 nitrogen and oxygen atoms in total. The first kappa shape index (κ1) is 12.3. The van der Waals surface area contributed by atoms with Crippen LogP contribution in [0.5, 0.6) is 0 Å². The molecule has 0 aliphatic carbocycles. The molecule has 1 aromatic rings. The molecule has 0 amide bonds. The first-order valence-corrected chi connectivity index (χ1v) is 7.06. The molecule has 0 aliphatic heterocycles. The third kappa shape index (κ3) is 4.10. The number of nitrogens with one attached hydrogen (secondary N) is 1. The van der Waals surface area contributed by atoms with E-state index in [2.05, 4.69) is 5.09 Å². The van der Waals surface area contributed by atoms with E-state index in [0.29, 0.717) is 5.30 Å². The van der Waals surface area contributed by atoms with Crippen LogP contribution in [0, 0.1) is 0 Å². The molecule has 1 N–H and O–H groups in total. The first-order valence-electron chi connectivity index (χ1n) is 4.34. The highest BCUT2D eigenvalue weighted by Crippen LogP contribution is 2.28. The minimum atomic E-state index is -3.06. The molecule has 0 radical (unpaired) electrons. The van der Waals surface area contributed by atoms with Crippen molar-refractivity contribution in [3.63, 3.8) is 0 Å². The van der Waals surface area contributed by atoms with E-state index in [0.717, 1.165) is 0 Å². The molecule has 0 saturated carbocycles. The van der Waals surface area contributed by atoms with Gasteiger partial charge in [0.15, 0.2) is 0 Å². The summed E-state index contributed by atoms with van der Waals surface area (Å²) in [5.41, 5.74) is 0. The normalized spacial score (nSPS) is 14.5. The number of carbonyl (C=O) groups excluding carboxylic acids is 1. The summed E-state index contributed by atoms with van der Waals surface area (Å²) in [4.78, 5) is 22.0.